The van der Waals surface area contributed by atoms with Gasteiger partial charge < -0.3 is 0 Å². The van der Waals surface area contributed by atoms with Crippen LogP contribution in [0.5, 0.6) is 0 Å². The first-order valence-electron chi connectivity index (χ1n) is 4.86. The quantitative estimate of drug-likeness (QED) is 0.622. The van der Waals surface area contributed by atoms with Crippen LogP contribution in [0.15, 0.2) is 41.6 Å². The van der Waals surface area contributed by atoms with E-state index in [1.54, 1.807) is 5.20 Å². The van der Waals surface area contributed by atoms with E-state index in [0.29, 0.717) is 5.92 Å². The van der Waals surface area contributed by atoms with Gasteiger partial charge in [-0.1, -0.05) is 61.2 Å². The molecule has 13 heavy (non-hydrogen) atoms. The Labute approximate surface area is 81.3 Å². The van der Waals surface area contributed by atoms with E-state index in [-0.39, 0.29) is 0 Å². The topological polar surface area (TPSA) is 0 Å². The predicted molar refractivity (Wildman–Crippen MR) is 60.6 cm³/mol. The van der Waals surface area contributed by atoms with E-state index in [1.165, 1.54) is 5.56 Å². The van der Waals surface area contributed by atoms with E-state index in [1.807, 2.05) is 0 Å². The fourth-order valence-corrected chi connectivity index (χ4v) is 3.55. The Kier molecular flexibility index (Phi) is 1.92. The zero-order valence-electron chi connectivity index (χ0n) is 8.54. The van der Waals surface area contributed by atoms with Gasteiger partial charge in [0.15, 0.2) is 0 Å². The highest BCUT2D eigenvalue weighted by molar-refractivity contribution is 6.84. The average Bonchev–Trinajstić information content (AvgIpc) is 2.83. The number of allylic oxidation sites excluding steroid dienone is 2. The molecule has 68 valence electrons. The lowest BCUT2D eigenvalue weighted by molar-refractivity contribution is 1.21. The molecule has 0 bridgehead atoms. The van der Waals surface area contributed by atoms with Crippen LogP contribution in [-0.4, -0.2) is 8.07 Å². The summed E-state index contributed by atoms with van der Waals surface area (Å²) in [7, 11) is -1.01. The van der Waals surface area contributed by atoms with Crippen LogP contribution in [0.1, 0.15) is 11.5 Å². The van der Waals surface area contributed by atoms with Gasteiger partial charge in [0.05, 0.1) is 8.07 Å². The Bertz CT molecular complexity index is 330. The van der Waals surface area contributed by atoms with Gasteiger partial charge in [-0.2, -0.15) is 0 Å². The smallest absolute Gasteiger partial charge is 0.0732 e. The fourth-order valence-electron chi connectivity index (χ4n) is 1.78. The summed E-state index contributed by atoms with van der Waals surface area (Å²) in [4.78, 5) is 0. The van der Waals surface area contributed by atoms with Crippen LogP contribution in [0, 0.1) is 0 Å². The summed E-state index contributed by atoms with van der Waals surface area (Å²) in [5, 5.41) is 1.72. The lowest BCUT2D eigenvalue weighted by Crippen LogP contribution is -2.19. The molecule has 0 heterocycles. The zero-order valence-corrected chi connectivity index (χ0v) is 9.54. The Balaban J connectivity index is 2.12. The van der Waals surface area contributed by atoms with Crippen LogP contribution in [0.25, 0.3) is 0 Å². The molecule has 0 N–H and O–H groups in total. The van der Waals surface area contributed by atoms with E-state index >= 15 is 0 Å². The van der Waals surface area contributed by atoms with Gasteiger partial charge in [0.25, 0.3) is 0 Å². The van der Waals surface area contributed by atoms with Crippen molar-refractivity contribution < 1.29 is 0 Å². The minimum absolute atomic E-state index is 0.688. The minimum Gasteiger partial charge on any atom is -0.0771 e. The monoisotopic (exact) mass is 188 g/mol. The molecule has 1 aliphatic carbocycles. The molecule has 0 amide bonds. The number of rotatable bonds is 2. The summed E-state index contributed by atoms with van der Waals surface area (Å²) in [6.07, 6.45) is 2.43. The van der Waals surface area contributed by atoms with Crippen molar-refractivity contribution in [1.29, 1.82) is 0 Å². The maximum absolute atomic E-state index is 2.43. The second kappa shape index (κ2) is 2.84. The summed E-state index contributed by atoms with van der Waals surface area (Å²) >= 11 is 0. The molecule has 0 nitrogen and oxygen atoms in total. The molecule has 1 aromatic rings. The van der Waals surface area contributed by atoms with Crippen LogP contribution in [0.3, 0.4) is 0 Å². The van der Waals surface area contributed by atoms with Gasteiger partial charge in [-0.15, -0.1) is 0 Å². The summed E-state index contributed by atoms with van der Waals surface area (Å²) in [5.41, 5.74) is 1.47. The molecule has 1 unspecified atom stereocenters. The highest BCUT2D eigenvalue weighted by Gasteiger charge is 2.35. The molecule has 0 spiro atoms. The minimum atomic E-state index is -1.01. The van der Waals surface area contributed by atoms with Gasteiger partial charge in [0, 0.05) is 5.92 Å². The third kappa shape index (κ3) is 1.75. The highest BCUT2D eigenvalue weighted by Crippen LogP contribution is 2.44. The fraction of sp³-hybridized carbons (Fsp3) is 0.333. The van der Waals surface area contributed by atoms with Gasteiger partial charge in [-0.25, -0.2) is 0 Å². The van der Waals surface area contributed by atoms with E-state index in [0.717, 1.165) is 0 Å². The molecular weight excluding hydrogens is 172 g/mol. The van der Waals surface area contributed by atoms with Crippen molar-refractivity contribution in [2.75, 3.05) is 0 Å². The molecule has 0 fully saturated rings. The second-order valence-corrected chi connectivity index (χ2v) is 9.84. The van der Waals surface area contributed by atoms with Gasteiger partial charge >= 0.3 is 0 Å². The van der Waals surface area contributed by atoms with E-state index < -0.39 is 8.07 Å². The Morgan fingerprint density at radius 2 is 1.62 bits per heavy atom. The summed E-state index contributed by atoms with van der Waals surface area (Å²) in [5.74, 6) is 0.688. The third-order valence-corrected chi connectivity index (χ3v) is 4.81. The Morgan fingerprint density at radius 1 is 1.00 bits per heavy atom. The number of hydrogen-bond acceptors (Lipinski definition) is 0. The van der Waals surface area contributed by atoms with E-state index in [2.05, 4.69) is 56.0 Å². The molecular formula is C12H16Si. The van der Waals surface area contributed by atoms with Crippen molar-refractivity contribution in [2.24, 2.45) is 0 Å². The van der Waals surface area contributed by atoms with Crippen molar-refractivity contribution in [1.82, 2.24) is 0 Å². The first-order valence-corrected chi connectivity index (χ1v) is 8.36. The van der Waals surface area contributed by atoms with Crippen LogP contribution in [0.4, 0.5) is 0 Å². The zero-order chi connectivity index (χ0) is 9.47. The molecule has 1 heteroatoms. The molecule has 0 radical (unpaired) electrons. The van der Waals surface area contributed by atoms with Gasteiger partial charge in [-0.3, -0.25) is 0 Å². The molecule has 0 aromatic heterocycles. The van der Waals surface area contributed by atoms with Gasteiger partial charge in [0.2, 0.25) is 0 Å². The maximum atomic E-state index is 2.43. The lowest BCUT2D eigenvalue weighted by atomic mass is 10.1. The summed E-state index contributed by atoms with van der Waals surface area (Å²) in [6.45, 7) is 7.26. The lowest BCUT2D eigenvalue weighted by Gasteiger charge is -2.13. The first-order chi connectivity index (χ1) is 6.09. The average molecular weight is 188 g/mol. The van der Waals surface area contributed by atoms with Crippen molar-refractivity contribution in [3.05, 3.63) is 47.2 Å². The Morgan fingerprint density at radius 3 is 2.08 bits per heavy atom. The van der Waals surface area contributed by atoms with Crippen LogP contribution >= 0.6 is 0 Å². The predicted octanol–water partition coefficient (Wildman–Crippen LogP) is 3.59. The summed E-state index contributed by atoms with van der Waals surface area (Å²) in [6, 6.07) is 10.8. The highest BCUT2D eigenvalue weighted by atomic mass is 28.3. The third-order valence-electron chi connectivity index (χ3n) is 2.60. The first kappa shape index (κ1) is 8.76. The Hall–Kier alpha value is -0.823. The molecule has 0 aliphatic heterocycles. The van der Waals surface area contributed by atoms with Crippen LogP contribution in [0.2, 0.25) is 19.6 Å². The van der Waals surface area contributed by atoms with Gasteiger partial charge in [0.1, 0.15) is 0 Å². The normalized spacial score (nSPS) is 21.2. The van der Waals surface area contributed by atoms with E-state index in [4.69, 9.17) is 0 Å². The number of benzene rings is 1. The standard InChI is InChI=1S/C12H16Si/c1-13(2,3)12-9-11(12)10-7-5-4-6-8-10/h4-9,11H,1-3H3. The van der Waals surface area contributed by atoms with Crippen molar-refractivity contribution >= 4 is 8.07 Å². The number of hydrogen-bond donors (Lipinski definition) is 0. The molecule has 0 saturated heterocycles. The van der Waals surface area contributed by atoms with Crippen molar-refractivity contribution in [2.45, 2.75) is 25.6 Å². The molecule has 1 atom stereocenters. The molecule has 0 saturated carbocycles. The molecule has 2 rings (SSSR count). The molecule has 1 aliphatic rings. The summed E-state index contributed by atoms with van der Waals surface area (Å²) < 4.78 is 0. The van der Waals surface area contributed by atoms with E-state index in [9.17, 15) is 0 Å². The second-order valence-electron chi connectivity index (χ2n) is 4.76. The van der Waals surface area contributed by atoms with Gasteiger partial charge in [-0.05, 0) is 5.56 Å². The molecule has 1 aromatic carbocycles. The van der Waals surface area contributed by atoms with Crippen molar-refractivity contribution in [3.8, 4) is 0 Å². The maximum Gasteiger partial charge on any atom is 0.0732 e. The largest absolute Gasteiger partial charge is 0.0771 e. The van der Waals surface area contributed by atoms with Crippen LogP contribution in [-0.2, 0) is 0 Å². The van der Waals surface area contributed by atoms with Crippen LogP contribution < -0.4 is 0 Å². The SMILES string of the molecule is C[Si](C)(C)C1=CC1c1ccccc1. The van der Waals surface area contributed by atoms with Crippen molar-refractivity contribution in [3.63, 3.8) is 0 Å².